The summed E-state index contributed by atoms with van der Waals surface area (Å²) in [6.07, 6.45) is 6.94. The predicted octanol–water partition coefficient (Wildman–Crippen LogP) is 2.85. The quantitative estimate of drug-likeness (QED) is 0.459. The maximum Gasteiger partial charge on any atom is 0.185 e. The number of rotatable bonds is 6. The van der Waals surface area contributed by atoms with Gasteiger partial charge in [-0.25, -0.2) is 0 Å². The highest BCUT2D eigenvalue weighted by Crippen LogP contribution is 2.17. The van der Waals surface area contributed by atoms with Crippen molar-refractivity contribution in [3.05, 3.63) is 53.9 Å². The van der Waals surface area contributed by atoms with Crippen molar-refractivity contribution < 1.29 is 9.53 Å². The Bertz CT molecular complexity index is 703. The third-order valence-electron chi connectivity index (χ3n) is 3.92. The molecule has 1 aromatic carbocycles. The van der Waals surface area contributed by atoms with E-state index in [2.05, 4.69) is 10.00 Å². The van der Waals surface area contributed by atoms with Crippen LogP contribution in [-0.2, 0) is 11.3 Å². The molecule has 0 spiro atoms. The topological polar surface area (TPSA) is 47.4 Å². The van der Waals surface area contributed by atoms with E-state index in [1.165, 1.54) is 0 Å². The van der Waals surface area contributed by atoms with E-state index in [1.54, 1.807) is 23.0 Å². The summed E-state index contributed by atoms with van der Waals surface area (Å²) in [5, 5.41) is 4.17. The van der Waals surface area contributed by atoms with Gasteiger partial charge in [0.05, 0.1) is 26.0 Å². The van der Waals surface area contributed by atoms with Crippen molar-refractivity contribution in [3.8, 4) is 0 Å². The molecule has 2 aromatic rings. The number of carbonyl (C=O) groups excluding carboxylic acids is 1. The Labute approximate surface area is 146 Å². The smallest absolute Gasteiger partial charge is 0.185 e. The zero-order chi connectivity index (χ0) is 16.8. The first-order chi connectivity index (χ1) is 11.8. The summed E-state index contributed by atoms with van der Waals surface area (Å²) in [6.45, 7) is 3.94. The standard InChI is InChI=1S/C18H20ClN3O2/c19-7-8-22-14-15(13-20-22)1-6-18(23)16-2-4-17(5-3-16)21-9-11-24-12-10-21/h1-6,13-14H,7-12H2. The molecule has 1 saturated heterocycles. The van der Waals surface area contributed by atoms with Gasteiger partial charge < -0.3 is 9.64 Å². The Balaban J connectivity index is 1.62. The van der Waals surface area contributed by atoms with Crippen LogP contribution in [0.15, 0.2) is 42.7 Å². The number of hydrogen-bond donors (Lipinski definition) is 0. The van der Waals surface area contributed by atoms with Crippen LogP contribution in [0.2, 0.25) is 0 Å². The molecule has 1 fully saturated rings. The van der Waals surface area contributed by atoms with E-state index in [0.717, 1.165) is 37.6 Å². The number of aryl methyl sites for hydroxylation is 1. The summed E-state index contributed by atoms with van der Waals surface area (Å²) < 4.78 is 7.11. The molecular weight excluding hydrogens is 326 g/mol. The number of allylic oxidation sites excluding steroid dienone is 1. The number of aromatic nitrogens is 2. The first-order valence-corrected chi connectivity index (χ1v) is 8.53. The maximum atomic E-state index is 12.3. The fourth-order valence-electron chi connectivity index (χ4n) is 2.60. The molecular formula is C18H20ClN3O2. The number of hydrogen-bond acceptors (Lipinski definition) is 4. The monoisotopic (exact) mass is 345 g/mol. The van der Waals surface area contributed by atoms with Crippen LogP contribution >= 0.6 is 11.6 Å². The van der Waals surface area contributed by atoms with Crippen molar-refractivity contribution >= 4 is 29.1 Å². The van der Waals surface area contributed by atoms with E-state index in [1.807, 2.05) is 30.5 Å². The average molecular weight is 346 g/mol. The SMILES string of the molecule is O=C(C=Cc1cnn(CCCl)c1)c1ccc(N2CCOCC2)cc1. The number of benzene rings is 1. The third kappa shape index (κ3) is 4.24. The fourth-order valence-corrected chi connectivity index (χ4v) is 2.77. The first-order valence-electron chi connectivity index (χ1n) is 8.00. The molecule has 3 rings (SSSR count). The second-order valence-electron chi connectivity index (χ2n) is 5.57. The molecule has 0 N–H and O–H groups in total. The minimum Gasteiger partial charge on any atom is -0.378 e. The van der Waals surface area contributed by atoms with Crippen LogP contribution in [0.25, 0.3) is 6.08 Å². The van der Waals surface area contributed by atoms with Crippen molar-refractivity contribution in [1.82, 2.24) is 9.78 Å². The number of halogens is 1. The molecule has 1 aromatic heterocycles. The van der Waals surface area contributed by atoms with Crippen LogP contribution in [0.3, 0.4) is 0 Å². The van der Waals surface area contributed by atoms with Gasteiger partial charge in [0.1, 0.15) is 0 Å². The molecule has 1 aliphatic rings. The molecule has 0 atom stereocenters. The lowest BCUT2D eigenvalue weighted by Crippen LogP contribution is -2.36. The molecule has 1 aliphatic heterocycles. The summed E-state index contributed by atoms with van der Waals surface area (Å²) in [7, 11) is 0. The first kappa shape index (κ1) is 16.7. The molecule has 0 unspecified atom stereocenters. The fraction of sp³-hybridized carbons (Fsp3) is 0.333. The van der Waals surface area contributed by atoms with Gasteiger partial charge in [0.25, 0.3) is 0 Å². The highest BCUT2D eigenvalue weighted by molar-refractivity contribution is 6.17. The molecule has 6 heteroatoms. The number of alkyl halides is 1. The highest BCUT2D eigenvalue weighted by Gasteiger charge is 2.11. The van der Waals surface area contributed by atoms with Gasteiger partial charge in [-0.2, -0.15) is 5.10 Å². The molecule has 126 valence electrons. The molecule has 0 bridgehead atoms. The van der Waals surface area contributed by atoms with Gasteiger partial charge in [-0.15, -0.1) is 11.6 Å². The Morgan fingerprint density at radius 3 is 2.71 bits per heavy atom. The lowest BCUT2D eigenvalue weighted by atomic mass is 10.1. The Morgan fingerprint density at radius 2 is 2.00 bits per heavy atom. The van der Waals surface area contributed by atoms with Crippen molar-refractivity contribution in [2.75, 3.05) is 37.1 Å². The highest BCUT2D eigenvalue weighted by atomic mass is 35.5. The van der Waals surface area contributed by atoms with Crippen molar-refractivity contribution in [1.29, 1.82) is 0 Å². The van der Waals surface area contributed by atoms with Gasteiger partial charge in [-0.05, 0) is 36.4 Å². The van der Waals surface area contributed by atoms with Crippen LogP contribution in [-0.4, -0.2) is 47.7 Å². The summed E-state index contributed by atoms with van der Waals surface area (Å²) in [6, 6.07) is 7.72. The summed E-state index contributed by atoms with van der Waals surface area (Å²) in [4.78, 5) is 14.5. The van der Waals surface area contributed by atoms with E-state index in [4.69, 9.17) is 16.3 Å². The van der Waals surface area contributed by atoms with E-state index in [-0.39, 0.29) is 5.78 Å². The van der Waals surface area contributed by atoms with Crippen LogP contribution < -0.4 is 4.90 Å². The molecule has 24 heavy (non-hydrogen) atoms. The van der Waals surface area contributed by atoms with Gasteiger partial charge in [-0.3, -0.25) is 9.48 Å². The van der Waals surface area contributed by atoms with E-state index >= 15 is 0 Å². The number of anilines is 1. The van der Waals surface area contributed by atoms with E-state index < -0.39 is 0 Å². The number of carbonyl (C=O) groups is 1. The van der Waals surface area contributed by atoms with E-state index in [9.17, 15) is 4.79 Å². The second kappa shape index (κ2) is 8.13. The largest absolute Gasteiger partial charge is 0.378 e. The minimum atomic E-state index is -0.0198. The normalized spacial score (nSPS) is 15.1. The molecule has 0 radical (unpaired) electrons. The lowest BCUT2D eigenvalue weighted by molar-refractivity contribution is 0.104. The van der Waals surface area contributed by atoms with Crippen molar-refractivity contribution in [2.45, 2.75) is 6.54 Å². The van der Waals surface area contributed by atoms with Gasteiger partial charge in [0.15, 0.2) is 5.78 Å². The third-order valence-corrected chi connectivity index (χ3v) is 4.09. The number of ether oxygens (including phenoxy) is 1. The summed E-state index contributed by atoms with van der Waals surface area (Å²) >= 11 is 5.68. The van der Waals surface area contributed by atoms with Crippen LogP contribution in [0, 0.1) is 0 Å². The zero-order valence-corrected chi connectivity index (χ0v) is 14.2. The van der Waals surface area contributed by atoms with Crippen molar-refractivity contribution in [3.63, 3.8) is 0 Å². The number of nitrogens with zero attached hydrogens (tertiary/aromatic N) is 3. The molecule has 5 nitrogen and oxygen atoms in total. The van der Waals surface area contributed by atoms with Gasteiger partial charge in [-0.1, -0.05) is 0 Å². The average Bonchev–Trinajstić information content (AvgIpc) is 3.08. The molecule has 0 aliphatic carbocycles. The predicted molar refractivity (Wildman–Crippen MR) is 95.8 cm³/mol. The van der Waals surface area contributed by atoms with E-state index in [0.29, 0.717) is 18.0 Å². The maximum absolute atomic E-state index is 12.3. The van der Waals surface area contributed by atoms with Gasteiger partial charge in [0, 0.05) is 42.0 Å². The Kier molecular flexibility index (Phi) is 5.67. The van der Waals surface area contributed by atoms with Crippen LogP contribution in [0.4, 0.5) is 5.69 Å². The van der Waals surface area contributed by atoms with Crippen LogP contribution in [0.1, 0.15) is 15.9 Å². The molecule has 2 heterocycles. The summed E-state index contributed by atoms with van der Waals surface area (Å²) in [5.74, 6) is 0.493. The second-order valence-corrected chi connectivity index (χ2v) is 5.95. The molecule has 0 saturated carbocycles. The van der Waals surface area contributed by atoms with Crippen LogP contribution in [0.5, 0.6) is 0 Å². The minimum absolute atomic E-state index is 0.0198. The number of morpholine rings is 1. The Morgan fingerprint density at radius 1 is 1.25 bits per heavy atom. The van der Waals surface area contributed by atoms with Gasteiger partial charge >= 0.3 is 0 Å². The number of ketones is 1. The van der Waals surface area contributed by atoms with Gasteiger partial charge in [0.2, 0.25) is 0 Å². The summed E-state index contributed by atoms with van der Waals surface area (Å²) in [5.41, 5.74) is 2.69. The zero-order valence-electron chi connectivity index (χ0n) is 13.4. The Hall–Kier alpha value is -2.11. The molecule has 0 amide bonds. The van der Waals surface area contributed by atoms with Crippen molar-refractivity contribution in [2.24, 2.45) is 0 Å². The lowest BCUT2D eigenvalue weighted by Gasteiger charge is -2.28.